The third kappa shape index (κ3) is 2.69. The van der Waals surface area contributed by atoms with Crippen LogP contribution in [0, 0.1) is 0 Å². The Morgan fingerprint density at radius 2 is 2.25 bits per heavy atom. The summed E-state index contributed by atoms with van der Waals surface area (Å²) in [5, 5.41) is 7.17. The van der Waals surface area contributed by atoms with E-state index in [0.717, 1.165) is 29.5 Å². The average Bonchev–Trinajstić information content (AvgIpc) is 2.39. The summed E-state index contributed by atoms with van der Waals surface area (Å²) in [7, 11) is 0. The van der Waals surface area contributed by atoms with E-state index in [-0.39, 0.29) is 5.91 Å². The van der Waals surface area contributed by atoms with Crippen molar-refractivity contribution in [3.8, 4) is 0 Å². The van der Waals surface area contributed by atoms with Gasteiger partial charge in [-0.2, -0.15) is 0 Å². The number of nitrogens with one attached hydrogen (secondary N) is 2. The standard InChI is InChI=1S/C15H20BrN3O/c16-10-2-3-13(12(8-10)14(17)20)19-11-4-7-18-15(9-11)5-1-6-15/h2-3,8,11,18-19H,1,4-7,9H2,(H2,17,20). The molecule has 1 atom stereocenters. The molecule has 3 rings (SSSR count). The molecule has 1 aliphatic carbocycles. The van der Waals surface area contributed by atoms with Crippen molar-refractivity contribution in [2.24, 2.45) is 5.73 Å². The van der Waals surface area contributed by atoms with Crippen LogP contribution < -0.4 is 16.4 Å². The van der Waals surface area contributed by atoms with Crippen LogP contribution in [0.15, 0.2) is 22.7 Å². The highest BCUT2D eigenvalue weighted by molar-refractivity contribution is 9.10. The number of hydrogen-bond donors (Lipinski definition) is 3. The van der Waals surface area contributed by atoms with Crippen LogP contribution in [0.5, 0.6) is 0 Å². The van der Waals surface area contributed by atoms with Crippen LogP contribution in [0.2, 0.25) is 0 Å². The summed E-state index contributed by atoms with van der Waals surface area (Å²) in [6, 6.07) is 6.07. The van der Waals surface area contributed by atoms with Gasteiger partial charge in [-0.1, -0.05) is 15.9 Å². The first-order chi connectivity index (χ1) is 9.58. The molecule has 1 amide bonds. The lowest BCUT2D eigenvalue weighted by atomic mass is 9.70. The van der Waals surface area contributed by atoms with E-state index in [9.17, 15) is 4.79 Å². The van der Waals surface area contributed by atoms with Crippen molar-refractivity contribution in [3.05, 3.63) is 28.2 Å². The van der Waals surface area contributed by atoms with Gasteiger partial charge in [0.15, 0.2) is 0 Å². The largest absolute Gasteiger partial charge is 0.382 e. The zero-order valence-electron chi connectivity index (χ0n) is 11.4. The number of benzene rings is 1. The fourth-order valence-corrected chi connectivity index (χ4v) is 3.69. The van der Waals surface area contributed by atoms with Crippen molar-refractivity contribution >= 4 is 27.5 Å². The number of rotatable bonds is 3. The summed E-state index contributed by atoms with van der Waals surface area (Å²) < 4.78 is 0.873. The van der Waals surface area contributed by atoms with Gasteiger partial charge in [-0.05, 0) is 56.8 Å². The van der Waals surface area contributed by atoms with Gasteiger partial charge in [-0.15, -0.1) is 0 Å². The first kappa shape index (κ1) is 13.9. The maximum absolute atomic E-state index is 11.6. The van der Waals surface area contributed by atoms with Gasteiger partial charge in [0, 0.05) is 21.7 Å². The van der Waals surface area contributed by atoms with E-state index >= 15 is 0 Å². The van der Waals surface area contributed by atoms with Gasteiger partial charge in [0.2, 0.25) is 0 Å². The van der Waals surface area contributed by atoms with Crippen LogP contribution >= 0.6 is 15.9 Å². The zero-order valence-corrected chi connectivity index (χ0v) is 13.0. The second-order valence-corrected chi connectivity index (χ2v) is 6.86. The predicted molar refractivity (Wildman–Crippen MR) is 83.9 cm³/mol. The molecule has 1 spiro atoms. The monoisotopic (exact) mass is 337 g/mol. The first-order valence-electron chi connectivity index (χ1n) is 7.19. The van der Waals surface area contributed by atoms with E-state index in [1.54, 1.807) is 6.07 Å². The molecule has 1 aromatic rings. The molecule has 1 unspecified atom stereocenters. The molecule has 2 fully saturated rings. The van der Waals surface area contributed by atoms with Crippen molar-refractivity contribution in [1.29, 1.82) is 0 Å². The average molecular weight is 338 g/mol. The Balaban J connectivity index is 1.75. The van der Waals surface area contributed by atoms with E-state index in [4.69, 9.17) is 5.73 Å². The molecule has 108 valence electrons. The number of hydrogen-bond acceptors (Lipinski definition) is 3. The van der Waals surface area contributed by atoms with Gasteiger partial charge in [0.25, 0.3) is 5.91 Å². The molecule has 1 aliphatic heterocycles. The van der Waals surface area contributed by atoms with E-state index in [2.05, 4.69) is 26.6 Å². The number of carbonyl (C=O) groups excluding carboxylic acids is 1. The summed E-state index contributed by atoms with van der Waals surface area (Å²) in [5.41, 5.74) is 7.22. The third-order valence-corrected chi connectivity index (χ3v) is 5.04. The minimum absolute atomic E-state index is 0.345. The lowest BCUT2D eigenvalue weighted by Gasteiger charge is -2.48. The Morgan fingerprint density at radius 3 is 2.90 bits per heavy atom. The highest BCUT2D eigenvalue weighted by atomic mass is 79.9. The molecule has 4 nitrogen and oxygen atoms in total. The Bertz CT molecular complexity index is 528. The number of piperidine rings is 1. The van der Waals surface area contributed by atoms with E-state index in [1.807, 2.05) is 12.1 Å². The first-order valence-corrected chi connectivity index (χ1v) is 7.98. The SMILES string of the molecule is NC(=O)c1cc(Br)ccc1NC1CCNC2(CCC2)C1. The van der Waals surface area contributed by atoms with Gasteiger partial charge in [0.05, 0.1) is 5.56 Å². The Hall–Kier alpha value is -1.07. The van der Waals surface area contributed by atoms with Crippen molar-refractivity contribution in [1.82, 2.24) is 5.32 Å². The number of carbonyl (C=O) groups is 1. The number of anilines is 1. The number of halogens is 1. The molecule has 1 saturated carbocycles. The molecule has 1 aromatic carbocycles. The highest BCUT2D eigenvalue weighted by Gasteiger charge is 2.40. The van der Waals surface area contributed by atoms with E-state index in [1.165, 1.54) is 19.3 Å². The van der Waals surface area contributed by atoms with Crippen LogP contribution in [0.4, 0.5) is 5.69 Å². The number of primary amides is 1. The molecule has 4 N–H and O–H groups in total. The number of nitrogens with two attached hydrogens (primary N) is 1. The lowest BCUT2D eigenvalue weighted by Crippen LogP contribution is -2.58. The van der Waals surface area contributed by atoms with Crippen LogP contribution in [0.3, 0.4) is 0 Å². The Morgan fingerprint density at radius 1 is 1.45 bits per heavy atom. The second kappa shape index (κ2) is 5.37. The fraction of sp³-hybridized carbons (Fsp3) is 0.533. The normalized spacial score (nSPS) is 24.1. The van der Waals surface area contributed by atoms with Crippen molar-refractivity contribution < 1.29 is 4.79 Å². The van der Waals surface area contributed by atoms with Crippen molar-refractivity contribution in [3.63, 3.8) is 0 Å². The van der Waals surface area contributed by atoms with E-state index < -0.39 is 0 Å². The van der Waals surface area contributed by atoms with Crippen molar-refractivity contribution in [2.45, 2.75) is 43.7 Å². The Labute approximate surface area is 127 Å². The molecule has 20 heavy (non-hydrogen) atoms. The summed E-state index contributed by atoms with van der Waals surface area (Å²) >= 11 is 3.38. The Kier molecular flexibility index (Phi) is 3.73. The van der Waals surface area contributed by atoms with Gasteiger partial charge >= 0.3 is 0 Å². The van der Waals surface area contributed by atoms with Crippen LogP contribution in [-0.4, -0.2) is 24.0 Å². The minimum atomic E-state index is -0.388. The van der Waals surface area contributed by atoms with Crippen LogP contribution in [-0.2, 0) is 0 Å². The summed E-state index contributed by atoms with van der Waals surface area (Å²) in [6.07, 6.45) is 6.07. The van der Waals surface area contributed by atoms with Crippen molar-refractivity contribution in [2.75, 3.05) is 11.9 Å². The molecule has 0 radical (unpaired) electrons. The van der Waals surface area contributed by atoms with Crippen LogP contribution in [0.25, 0.3) is 0 Å². The van der Waals surface area contributed by atoms with Gasteiger partial charge in [0.1, 0.15) is 0 Å². The summed E-state index contributed by atoms with van der Waals surface area (Å²) in [6.45, 7) is 1.04. The molecular formula is C15H20BrN3O. The predicted octanol–water partition coefficient (Wildman–Crippen LogP) is 2.63. The fourth-order valence-electron chi connectivity index (χ4n) is 3.33. The minimum Gasteiger partial charge on any atom is -0.382 e. The smallest absolute Gasteiger partial charge is 0.250 e. The second-order valence-electron chi connectivity index (χ2n) is 5.95. The maximum atomic E-state index is 11.6. The van der Waals surface area contributed by atoms with E-state index in [0.29, 0.717) is 17.1 Å². The van der Waals surface area contributed by atoms with Crippen LogP contribution in [0.1, 0.15) is 42.5 Å². The third-order valence-electron chi connectivity index (χ3n) is 4.55. The molecule has 0 aromatic heterocycles. The molecular weight excluding hydrogens is 318 g/mol. The zero-order chi connectivity index (χ0) is 14.2. The molecule has 2 aliphatic rings. The topological polar surface area (TPSA) is 67.2 Å². The van der Waals surface area contributed by atoms with Gasteiger partial charge in [-0.25, -0.2) is 0 Å². The summed E-state index contributed by atoms with van der Waals surface area (Å²) in [5.74, 6) is -0.388. The highest BCUT2D eigenvalue weighted by Crippen LogP contribution is 2.39. The maximum Gasteiger partial charge on any atom is 0.250 e. The summed E-state index contributed by atoms with van der Waals surface area (Å²) in [4.78, 5) is 11.6. The number of amides is 1. The molecule has 0 bridgehead atoms. The molecule has 1 saturated heterocycles. The molecule has 5 heteroatoms. The molecule has 1 heterocycles. The van der Waals surface area contributed by atoms with Gasteiger partial charge in [-0.3, -0.25) is 4.79 Å². The lowest BCUT2D eigenvalue weighted by molar-refractivity contribution is 0.100. The van der Waals surface area contributed by atoms with Gasteiger partial charge < -0.3 is 16.4 Å². The quantitative estimate of drug-likeness (QED) is 0.794.